The topological polar surface area (TPSA) is 35.5 Å². The third-order valence-corrected chi connectivity index (χ3v) is 3.61. The number of halogens is 1. The second-order valence-corrected chi connectivity index (χ2v) is 6.42. The van der Waals surface area contributed by atoms with Gasteiger partial charge < -0.3 is 15.3 Å². The van der Waals surface area contributed by atoms with Crippen LogP contribution in [0.4, 0.5) is 5.69 Å². The number of hydrogen-bond donors (Lipinski definition) is 2. The summed E-state index contributed by atoms with van der Waals surface area (Å²) in [7, 11) is 0. The minimum absolute atomic E-state index is 0.186. The standard InChI is InChI=1S/C16H27BrN2O/c1-4-7-19(8-9-20)16-10-15(17)6-5-14(16)12-18-11-13(2)3/h5-6,10,13,18,20H,4,7-9,11-12H2,1-3H3. The molecule has 2 N–H and O–H groups in total. The second-order valence-electron chi connectivity index (χ2n) is 5.51. The molecule has 1 rings (SSSR count). The van der Waals surface area contributed by atoms with Gasteiger partial charge in [0.25, 0.3) is 0 Å². The molecule has 0 fully saturated rings. The van der Waals surface area contributed by atoms with Crippen LogP contribution in [0.5, 0.6) is 0 Å². The number of aliphatic hydroxyl groups excluding tert-OH is 1. The van der Waals surface area contributed by atoms with Crippen LogP contribution in [-0.2, 0) is 6.54 Å². The monoisotopic (exact) mass is 342 g/mol. The number of aliphatic hydroxyl groups is 1. The van der Waals surface area contributed by atoms with Gasteiger partial charge in [-0.3, -0.25) is 0 Å². The zero-order valence-electron chi connectivity index (χ0n) is 12.8. The Morgan fingerprint density at radius 1 is 1.30 bits per heavy atom. The maximum atomic E-state index is 9.26. The Kier molecular flexibility index (Phi) is 8.19. The van der Waals surface area contributed by atoms with Gasteiger partial charge in [-0.2, -0.15) is 0 Å². The summed E-state index contributed by atoms with van der Waals surface area (Å²) >= 11 is 3.55. The molecule has 0 heterocycles. The molecule has 0 spiro atoms. The Morgan fingerprint density at radius 3 is 2.65 bits per heavy atom. The summed E-state index contributed by atoms with van der Waals surface area (Å²) in [5, 5.41) is 12.8. The molecule has 0 bridgehead atoms. The Balaban J connectivity index is 2.86. The van der Waals surface area contributed by atoms with E-state index in [4.69, 9.17) is 0 Å². The van der Waals surface area contributed by atoms with Gasteiger partial charge in [0.1, 0.15) is 0 Å². The molecule has 20 heavy (non-hydrogen) atoms. The summed E-state index contributed by atoms with van der Waals surface area (Å²) in [5.41, 5.74) is 2.50. The van der Waals surface area contributed by atoms with Crippen molar-refractivity contribution in [3.63, 3.8) is 0 Å². The largest absolute Gasteiger partial charge is 0.395 e. The molecule has 0 amide bonds. The van der Waals surface area contributed by atoms with Crippen molar-refractivity contribution in [2.24, 2.45) is 5.92 Å². The Labute approximate surface area is 131 Å². The number of nitrogens with one attached hydrogen (secondary N) is 1. The van der Waals surface area contributed by atoms with E-state index in [-0.39, 0.29) is 6.61 Å². The molecule has 0 saturated carbocycles. The molecule has 0 aromatic heterocycles. The van der Waals surface area contributed by atoms with Crippen molar-refractivity contribution in [1.82, 2.24) is 5.32 Å². The first-order valence-corrected chi connectivity index (χ1v) is 8.22. The fraction of sp³-hybridized carbons (Fsp3) is 0.625. The molecule has 0 aliphatic heterocycles. The third-order valence-electron chi connectivity index (χ3n) is 3.12. The SMILES string of the molecule is CCCN(CCO)c1cc(Br)ccc1CNCC(C)C. The number of anilines is 1. The van der Waals surface area contributed by atoms with E-state index in [1.54, 1.807) is 0 Å². The van der Waals surface area contributed by atoms with Crippen molar-refractivity contribution in [2.75, 3.05) is 31.1 Å². The maximum absolute atomic E-state index is 9.26. The lowest BCUT2D eigenvalue weighted by molar-refractivity contribution is 0.301. The van der Waals surface area contributed by atoms with Crippen molar-refractivity contribution in [2.45, 2.75) is 33.7 Å². The summed E-state index contributed by atoms with van der Waals surface area (Å²) in [6, 6.07) is 6.39. The van der Waals surface area contributed by atoms with E-state index >= 15 is 0 Å². The number of rotatable bonds is 9. The van der Waals surface area contributed by atoms with E-state index in [0.29, 0.717) is 12.5 Å². The van der Waals surface area contributed by atoms with Gasteiger partial charge in [-0.05, 0) is 36.6 Å². The van der Waals surface area contributed by atoms with E-state index < -0.39 is 0 Å². The average molecular weight is 343 g/mol. The van der Waals surface area contributed by atoms with Gasteiger partial charge in [0, 0.05) is 29.8 Å². The highest BCUT2D eigenvalue weighted by atomic mass is 79.9. The van der Waals surface area contributed by atoms with Gasteiger partial charge in [0.2, 0.25) is 0 Å². The van der Waals surface area contributed by atoms with Crippen LogP contribution in [0.3, 0.4) is 0 Å². The molecule has 0 unspecified atom stereocenters. The molecular formula is C16H27BrN2O. The molecular weight excluding hydrogens is 316 g/mol. The van der Waals surface area contributed by atoms with Crippen molar-refractivity contribution < 1.29 is 5.11 Å². The molecule has 0 saturated heterocycles. The highest BCUT2D eigenvalue weighted by molar-refractivity contribution is 9.10. The molecule has 1 aromatic carbocycles. The van der Waals surface area contributed by atoms with Gasteiger partial charge in [-0.15, -0.1) is 0 Å². The quantitative estimate of drug-likeness (QED) is 0.721. The maximum Gasteiger partial charge on any atom is 0.0606 e. The molecule has 114 valence electrons. The lowest BCUT2D eigenvalue weighted by Gasteiger charge is -2.26. The van der Waals surface area contributed by atoms with Crippen LogP contribution in [0.15, 0.2) is 22.7 Å². The van der Waals surface area contributed by atoms with E-state index in [0.717, 1.165) is 30.5 Å². The number of nitrogens with zero attached hydrogens (tertiary/aromatic N) is 1. The van der Waals surface area contributed by atoms with Gasteiger partial charge >= 0.3 is 0 Å². The fourth-order valence-corrected chi connectivity index (χ4v) is 2.57. The van der Waals surface area contributed by atoms with Crippen LogP contribution in [-0.4, -0.2) is 31.3 Å². The van der Waals surface area contributed by atoms with Gasteiger partial charge in [0.05, 0.1) is 6.61 Å². The molecule has 4 heteroatoms. The van der Waals surface area contributed by atoms with Crippen LogP contribution < -0.4 is 10.2 Å². The van der Waals surface area contributed by atoms with Gasteiger partial charge in [-0.25, -0.2) is 0 Å². The lowest BCUT2D eigenvalue weighted by atomic mass is 10.1. The molecule has 0 aliphatic carbocycles. The van der Waals surface area contributed by atoms with Crippen LogP contribution in [0, 0.1) is 5.92 Å². The fourth-order valence-electron chi connectivity index (χ4n) is 2.22. The van der Waals surface area contributed by atoms with Gasteiger partial charge in [0.15, 0.2) is 0 Å². The third kappa shape index (κ3) is 5.81. The van der Waals surface area contributed by atoms with Gasteiger partial charge in [-0.1, -0.05) is 42.8 Å². The summed E-state index contributed by atoms with van der Waals surface area (Å²) in [6.45, 7) is 10.3. The Bertz CT molecular complexity index is 390. The summed E-state index contributed by atoms with van der Waals surface area (Å²) < 4.78 is 1.08. The predicted octanol–water partition coefficient (Wildman–Crippen LogP) is 3.40. The Morgan fingerprint density at radius 2 is 2.05 bits per heavy atom. The summed E-state index contributed by atoms with van der Waals surface area (Å²) in [6.07, 6.45) is 1.07. The lowest BCUT2D eigenvalue weighted by Crippen LogP contribution is -2.29. The highest BCUT2D eigenvalue weighted by Crippen LogP contribution is 2.25. The van der Waals surface area contributed by atoms with E-state index in [9.17, 15) is 5.11 Å². The Hall–Kier alpha value is -0.580. The summed E-state index contributed by atoms with van der Waals surface area (Å²) in [4.78, 5) is 2.26. The smallest absolute Gasteiger partial charge is 0.0606 e. The normalized spacial score (nSPS) is 11.1. The molecule has 3 nitrogen and oxygen atoms in total. The van der Waals surface area contributed by atoms with Crippen LogP contribution in [0.2, 0.25) is 0 Å². The predicted molar refractivity (Wildman–Crippen MR) is 90.3 cm³/mol. The minimum atomic E-state index is 0.186. The van der Waals surface area contributed by atoms with Crippen molar-refractivity contribution >= 4 is 21.6 Å². The zero-order valence-corrected chi connectivity index (χ0v) is 14.4. The molecule has 0 atom stereocenters. The number of benzene rings is 1. The van der Waals surface area contributed by atoms with E-state index in [1.807, 2.05) is 0 Å². The average Bonchev–Trinajstić information content (AvgIpc) is 2.40. The number of hydrogen-bond acceptors (Lipinski definition) is 3. The van der Waals surface area contributed by atoms with Crippen LogP contribution in [0.25, 0.3) is 0 Å². The summed E-state index contributed by atoms with van der Waals surface area (Å²) in [5.74, 6) is 0.651. The zero-order chi connectivity index (χ0) is 15.0. The molecule has 1 aromatic rings. The minimum Gasteiger partial charge on any atom is -0.395 e. The van der Waals surface area contributed by atoms with E-state index in [1.165, 1.54) is 11.3 Å². The molecule has 0 radical (unpaired) electrons. The van der Waals surface area contributed by atoms with E-state index in [2.05, 4.69) is 65.1 Å². The first-order valence-electron chi connectivity index (χ1n) is 7.43. The van der Waals surface area contributed by atoms with Crippen LogP contribution in [0.1, 0.15) is 32.8 Å². The van der Waals surface area contributed by atoms with Crippen molar-refractivity contribution in [3.8, 4) is 0 Å². The highest BCUT2D eigenvalue weighted by Gasteiger charge is 2.11. The second kappa shape index (κ2) is 9.37. The van der Waals surface area contributed by atoms with Crippen molar-refractivity contribution in [1.29, 1.82) is 0 Å². The molecule has 0 aliphatic rings. The first-order chi connectivity index (χ1) is 9.58. The van der Waals surface area contributed by atoms with Crippen molar-refractivity contribution in [3.05, 3.63) is 28.2 Å². The first kappa shape index (κ1) is 17.5. The van der Waals surface area contributed by atoms with Crippen LogP contribution >= 0.6 is 15.9 Å².